The lowest BCUT2D eigenvalue weighted by molar-refractivity contribution is 0.0391. The molecule has 0 saturated heterocycles. The van der Waals surface area contributed by atoms with Crippen LogP contribution in [-0.2, 0) is 9.47 Å². The standard InChI is InChI=1S/C6H10N12O2/c7-15-11-5(12-16-8)3-19-1-2-20-4-6(13-17-9)14-18-10/h5-6H,1-4H2. The second-order valence-electron chi connectivity index (χ2n) is 2.93. The lowest BCUT2D eigenvalue weighted by atomic mass is 10.5. The Morgan fingerprint density at radius 3 is 1.20 bits per heavy atom. The van der Waals surface area contributed by atoms with Gasteiger partial charge in [0.25, 0.3) is 0 Å². The molecule has 0 unspecified atom stereocenters. The zero-order valence-corrected chi connectivity index (χ0v) is 10.2. The van der Waals surface area contributed by atoms with E-state index in [1.807, 2.05) is 0 Å². The van der Waals surface area contributed by atoms with Gasteiger partial charge in [0.1, 0.15) is 12.3 Å². The lowest BCUT2D eigenvalue weighted by Gasteiger charge is -2.08. The largest absolute Gasteiger partial charge is 0.378 e. The van der Waals surface area contributed by atoms with Crippen LogP contribution in [-0.4, -0.2) is 38.8 Å². The normalized spacial score (nSPS) is 11.8. The first-order valence-electron chi connectivity index (χ1n) is 5.10. The molecule has 0 bridgehead atoms. The molecule has 0 aliphatic heterocycles. The molecule has 0 N–H and O–H groups in total. The van der Waals surface area contributed by atoms with Crippen LogP contribution in [0.5, 0.6) is 0 Å². The van der Waals surface area contributed by atoms with Crippen LogP contribution in [0, 0.1) is 0 Å². The summed E-state index contributed by atoms with van der Waals surface area (Å²) in [6.45, 7) is 0.0660. The Morgan fingerprint density at radius 1 is 0.650 bits per heavy atom. The van der Waals surface area contributed by atoms with Crippen molar-refractivity contribution in [3.05, 3.63) is 41.8 Å². The van der Waals surface area contributed by atoms with E-state index >= 15 is 0 Å². The highest BCUT2D eigenvalue weighted by Crippen LogP contribution is 1.98. The van der Waals surface area contributed by atoms with Gasteiger partial charge >= 0.3 is 0 Å². The predicted octanol–water partition coefficient (Wildman–Crippen LogP) is 2.91. The third kappa shape index (κ3) is 9.22. The molecule has 20 heavy (non-hydrogen) atoms. The summed E-state index contributed by atoms with van der Waals surface area (Å²) in [6.07, 6.45) is -1.94. The van der Waals surface area contributed by atoms with Crippen LogP contribution in [0.1, 0.15) is 0 Å². The van der Waals surface area contributed by atoms with Crippen LogP contribution in [0.15, 0.2) is 20.5 Å². The summed E-state index contributed by atoms with van der Waals surface area (Å²) in [7, 11) is 0. The maximum atomic E-state index is 8.18. The molecule has 0 fully saturated rings. The predicted molar refractivity (Wildman–Crippen MR) is 65.8 cm³/mol. The Kier molecular flexibility index (Phi) is 10.8. The van der Waals surface area contributed by atoms with Crippen LogP contribution >= 0.6 is 0 Å². The average molecular weight is 282 g/mol. The molecule has 14 nitrogen and oxygen atoms in total. The van der Waals surface area contributed by atoms with Crippen LogP contribution in [0.2, 0.25) is 0 Å². The SMILES string of the molecule is [N-]=[N+]=NC(COCCOCC(N=[N+]=[N-])N=[N+]=[N-])N=[N+]=[N-]. The first kappa shape index (κ1) is 17.2. The van der Waals surface area contributed by atoms with Gasteiger partial charge in [-0.05, 0) is 22.1 Å². The number of ether oxygens (including phenoxy) is 2. The molecular weight excluding hydrogens is 272 g/mol. The second kappa shape index (κ2) is 12.6. The summed E-state index contributed by atoms with van der Waals surface area (Å²) in [4.78, 5) is 9.96. The highest BCUT2D eigenvalue weighted by Gasteiger charge is 2.04. The minimum atomic E-state index is -0.968. The summed E-state index contributed by atoms with van der Waals surface area (Å²) in [6, 6.07) is 0. The molecule has 0 aromatic rings. The number of nitrogens with zero attached hydrogens (tertiary/aromatic N) is 12. The highest BCUT2D eigenvalue weighted by molar-refractivity contribution is 4.65. The van der Waals surface area contributed by atoms with E-state index in [1.54, 1.807) is 0 Å². The minimum absolute atomic E-state index is 0.0897. The third-order valence-electron chi connectivity index (χ3n) is 1.65. The molecule has 0 aromatic heterocycles. The zero-order valence-electron chi connectivity index (χ0n) is 10.2. The quantitative estimate of drug-likeness (QED) is 0.241. The minimum Gasteiger partial charge on any atom is -0.378 e. The van der Waals surface area contributed by atoms with Crippen molar-refractivity contribution in [2.75, 3.05) is 26.4 Å². The first-order valence-corrected chi connectivity index (χ1v) is 5.10. The molecule has 0 radical (unpaired) electrons. The van der Waals surface area contributed by atoms with Crippen molar-refractivity contribution >= 4 is 0 Å². The molecule has 0 spiro atoms. The average Bonchev–Trinajstić information content (AvgIpc) is 2.43. The molecule has 106 valence electrons. The molecule has 0 aliphatic carbocycles. The fraction of sp³-hybridized carbons (Fsp3) is 1.00. The van der Waals surface area contributed by atoms with Gasteiger partial charge in [-0.3, -0.25) is 0 Å². The summed E-state index contributed by atoms with van der Waals surface area (Å²) in [5.74, 6) is 0. The van der Waals surface area contributed by atoms with E-state index < -0.39 is 12.3 Å². The van der Waals surface area contributed by atoms with E-state index in [2.05, 4.69) is 40.1 Å². The Morgan fingerprint density at radius 2 is 0.950 bits per heavy atom. The van der Waals surface area contributed by atoms with Gasteiger partial charge in [0.15, 0.2) is 0 Å². The van der Waals surface area contributed by atoms with E-state index in [9.17, 15) is 0 Å². The van der Waals surface area contributed by atoms with Gasteiger partial charge in [-0.1, -0.05) is 20.5 Å². The smallest absolute Gasteiger partial charge is 0.139 e. The summed E-state index contributed by atoms with van der Waals surface area (Å²) >= 11 is 0. The van der Waals surface area contributed by atoms with E-state index in [0.717, 1.165) is 0 Å². The van der Waals surface area contributed by atoms with Gasteiger partial charge in [0, 0.05) is 19.6 Å². The molecule has 0 saturated carbocycles. The summed E-state index contributed by atoms with van der Waals surface area (Å²) < 4.78 is 10.1. The maximum absolute atomic E-state index is 8.18. The van der Waals surface area contributed by atoms with Crippen LogP contribution < -0.4 is 0 Å². The van der Waals surface area contributed by atoms with Crippen molar-refractivity contribution in [2.24, 2.45) is 20.5 Å². The van der Waals surface area contributed by atoms with Crippen molar-refractivity contribution in [1.29, 1.82) is 0 Å². The van der Waals surface area contributed by atoms with Gasteiger partial charge in [0.05, 0.1) is 26.4 Å². The molecule has 0 amide bonds. The van der Waals surface area contributed by atoms with Gasteiger partial charge in [0.2, 0.25) is 0 Å². The van der Waals surface area contributed by atoms with Gasteiger partial charge in [-0.15, -0.1) is 0 Å². The number of azide groups is 2. The number of hydrogen-bond acceptors (Lipinski definition) is 6. The first-order chi connectivity index (χ1) is 9.78. The second-order valence-corrected chi connectivity index (χ2v) is 2.93. The van der Waals surface area contributed by atoms with Crippen molar-refractivity contribution in [3.8, 4) is 0 Å². The molecule has 14 heteroatoms. The van der Waals surface area contributed by atoms with Gasteiger partial charge in [-0.25, -0.2) is 0 Å². The Labute approximate surface area is 111 Å². The topological polar surface area (TPSA) is 214 Å². The third-order valence-corrected chi connectivity index (χ3v) is 1.65. The molecular formula is C6H10N12O2. The Hall–Kier alpha value is -2.84. The lowest BCUT2D eigenvalue weighted by Crippen LogP contribution is -2.16. The monoisotopic (exact) mass is 282 g/mol. The maximum Gasteiger partial charge on any atom is 0.139 e. The fourth-order valence-electron chi connectivity index (χ4n) is 0.913. The van der Waals surface area contributed by atoms with Gasteiger partial charge < -0.3 is 9.47 Å². The number of rotatable bonds is 11. The van der Waals surface area contributed by atoms with Crippen LogP contribution in [0.3, 0.4) is 0 Å². The molecule has 0 atom stereocenters. The highest BCUT2D eigenvalue weighted by atomic mass is 16.5. The van der Waals surface area contributed by atoms with E-state index in [-0.39, 0.29) is 26.4 Å². The zero-order chi connectivity index (χ0) is 15.1. The summed E-state index contributed by atoms with van der Waals surface area (Å²) in [5.41, 5.74) is 32.7. The Balaban J connectivity index is 3.85. The Bertz CT molecular complexity index is 386. The molecule has 0 aliphatic rings. The van der Waals surface area contributed by atoms with E-state index in [0.29, 0.717) is 0 Å². The van der Waals surface area contributed by atoms with E-state index in [4.69, 9.17) is 31.6 Å². The van der Waals surface area contributed by atoms with Crippen LogP contribution in [0.25, 0.3) is 41.8 Å². The molecule has 0 heterocycles. The summed E-state index contributed by atoms with van der Waals surface area (Å²) in [5, 5.41) is 12.8. The van der Waals surface area contributed by atoms with E-state index in [1.165, 1.54) is 0 Å². The fourth-order valence-corrected chi connectivity index (χ4v) is 0.913. The molecule has 0 rings (SSSR count). The van der Waals surface area contributed by atoms with Gasteiger partial charge in [-0.2, -0.15) is 0 Å². The van der Waals surface area contributed by atoms with Crippen molar-refractivity contribution in [1.82, 2.24) is 0 Å². The molecule has 0 aromatic carbocycles. The van der Waals surface area contributed by atoms with Crippen LogP contribution in [0.4, 0.5) is 0 Å². The van der Waals surface area contributed by atoms with Crippen molar-refractivity contribution in [2.45, 2.75) is 12.3 Å². The number of hydrogen-bond donors (Lipinski definition) is 0. The van der Waals surface area contributed by atoms with Crippen molar-refractivity contribution < 1.29 is 9.47 Å². The van der Waals surface area contributed by atoms with Crippen molar-refractivity contribution in [3.63, 3.8) is 0 Å².